The molecule has 0 bridgehead atoms. The molecule has 2 aromatic carbocycles. The first-order valence-corrected chi connectivity index (χ1v) is 6.47. The summed E-state index contributed by atoms with van der Waals surface area (Å²) in [6.07, 6.45) is -4.67. The standard InChI is InChI=1S/C16H15F4N/c1-10(21-2)11-3-5-12(6-4-11)13-7-8-14(15(17)9-13)16(18,19)20/h3-10,21H,1-2H3. The molecule has 0 aliphatic heterocycles. The summed E-state index contributed by atoms with van der Waals surface area (Å²) in [6, 6.07) is 10.4. The fourth-order valence-electron chi connectivity index (χ4n) is 2.06. The molecule has 1 nitrogen and oxygen atoms in total. The minimum atomic E-state index is -4.67. The third kappa shape index (κ3) is 3.42. The van der Waals surface area contributed by atoms with Gasteiger partial charge in [0.25, 0.3) is 0 Å². The highest BCUT2D eigenvalue weighted by Crippen LogP contribution is 2.33. The first-order valence-electron chi connectivity index (χ1n) is 6.47. The van der Waals surface area contributed by atoms with Crippen molar-refractivity contribution in [1.82, 2.24) is 5.32 Å². The van der Waals surface area contributed by atoms with Crippen LogP contribution in [0.4, 0.5) is 17.6 Å². The van der Waals surface area contributed by atoms with Crippen molar-refractivity contribution in [2.24, 2.45) is 0 Å². The van der Waals surface area contributed by atoms with E-state index < -0.39 is 17.6 Å². The van der Waals surface area contributed by atoms with Gasteiger partial charge in [-0.15, -0.1) is 0 Å². The summed E-state index contributed by atoms with van der Waals surface area (Å²) >= 11 is 0. The molecule has 2 aromatic rings. The molecule has 0 amide bonds. The third-order valence-corrected chi connectivity index (χ3v) is 3.45. The predicted octanol–water partition coefficient (Wildman–Crippen LogP) is 4.79. The molecule has 0 saturated carbocycles. The molecular formula is C16H15F4N. The van der Waals surface area contributed by atoms with Crippen molar-refractivity contribution in [2.45, 2.75) is 19.1 Å². The van der Waals surface area contributed by atoms with E-state index in [1.807, 2.05) is 26.1 Å². The molecule has 112 valence electrons. The Morgan fingerprint density at radius 1 is 0.952 bits per heavy atom. The summed E-state index contributed by atoms with van der Waals surface area (Å²) in [4.78, 5) is 0. The zero-order chi connectivity index (χ0) is 15.6. The molecule has 0 aliphatic rings. The van der Waals surface area contributed by atoms with Gasteiger partial charge in [-0.2, -0.15) is 13.2 Å². The average molecular weight is 297 g/mol. The van der Waals surface area contributed by atoms with E-state index in [4.69, 9.17) is 0 Å². The first kappa shape index (κ1) is 15.5. The lowest BCUT2D eigenvalue weighted by Crippen LogP contribution is -2.11. The van der Waals surface area contributed by atoms with Crippen LogP contribution in [0.15, 0.2) is 42.5 Å². The summed E-state index contributed by atoms with van der Waals surface area (Å²) < 4.78 is 51.1. The molecule has 5 heteroatoms. The number of halogens is 4. The molecular weight excluding hydrogens is 282 g/mol. The Hall–Kier alpha value is -1.88. The molecule has 0 radical (unpaired) electrons. The van der Waals surface area contributed by atoms with Crippen molar-refractivity contribution in [2.75, 3.05) is 7.05 Å². The van der Waals surface area contributed by atoms with Gasteiger partial charge in [-0.05, 0) is 42.8 Å². The Morgan fingerprint density at radius 2 is 1.52 bits per heavy atom. The van der Waals surface area contributed by atoms with E-state index in [9.17, 15) is 17.6 Å². The van der Waals surface area contributed by atoms with E-state index in [2.05, 4.69) is 5.32 Å². The van der Waals surface area contributed by atoms with Gasteiger partial charge in [0.05, 0.1) is 5.56 Å². The van der Waals surface area contributed by atoms with Crippen LogP contribution in [0.3, 0.4) is 0 Å². The maximum absolute atomic E-state index is 13.6. The van der Waals surface area contributed by atoms with E-state index in [-0.39, 0.29) is 6.04 Å². The van der Waals surface area contributed by atoms with E-state index in [1.54, 1.807) is 12.1 Å². The molecule has 0 spiro atoms. The minimum Gasteiger partial charge on any atom is -0.313 e. The van der Waals surface area contributed by atoms with E-state index >= 15 is 0 Å². The van der Waals surface area contributed by atoms with Crippen LogP contribution in [0, 0.1) is 5.82 Å². The minimum absolute atomic E-state index is 0.170. The van der Waals surface area contributed by atoms with Gasteiger partial charge in [-0.1, -0.05) is 30.3 Å². The Bertz CT molecular complexity index is 617. The second-order valence-electron chi connectivity index (χ2n) is 4.82. The fraction of sp³-hybridized carbons (Fsp3) is 0.250. The number of hydrogen-bond donors (Lipinski definition) is 1. The predicted molar refractivity (Wildman–Crippen MR) is 74.3 cm³/mol. The van der Waals surface area contributed by atoms with E-state index in [1.165, 1.54) is 6.07 Å². The topological polar surface area (TPSA) is 12.0 Å². The Balaban J connectivity index is 2.33. The molecule has 0 saturated heterocycles. The average Bonchev–Trinajstić information content (AvgIpc) is 2.45. The Labute approximate surface area is 120 Å². The lowest BCUT2D eigenvalue weighted by molar-refractivity contribution is -0.139. The van der Waals surface area contributed by atoms with Crippen molar-refractivity contribution in [3.05, 3.63) is 59.4 Å². The fourth-order valence-corrected chi connectivity index (χ4v) is 2.06. The second kappa shape index (κ2) is 5.85. The quantitative estimate of drug-likeness (QED) is 0.803. The second-order valence-corrected chi connectivity index (χ2v) is 4.82. The van der Waals surface area contributed by atoms with Gasteiger partial charge in [0.1, 0.15) is 5.82 Å². The van der Waals surface area contributed by atoms with Gasteiger partial charge in [0.15, 0.2) is 0 Å². The monoisotopic (exact) mass is 297 g/mol. The number of hydrogen-bond acceptors (Lipinski definition) is 1. The zero-order valence-corrected chi connectivity index (χ0v) is 11.6. The van der Waals surface area contributed by atoms with Gasteiger partial charge in [-0.3, -0.25) is 0 Å². The van der Waals surface area contributed by atoms with Crippen LogP contribution in [0.1, 0.15) is 24.1 Å². The molecule has 0 fully saturated rings. The first-order chi connectivity index (χ1) is 9.82. The van der Waals surface area contributed by atoms with Crippen LogP contribution < -0.4 is 5.32 Å². The lowest BCUT2D eigenvalue weighted by atomic mass is 10.00. The summed E-state index contributed by atoms with van der Waals surface area (Å²) in [6.45, 7) is 1.99. The molecule has 1 unspecified atom stereocenters. The van der Waals surface area contributed by atoms with Gasteiger partial charge >= 0.3 is 6.18 Å². The SMILES string of the molecule is CNC(C)c1ccc(-c2ccc(C(F)(F)F)c(F)c2)cc1. The summed E-state index contributed by atoms with van der Waals surface area (Å²) in [5.41, 5.74) is 0.902. The van der Waals surface area contributed by atoms with Crippen LogP contribution in [0.5, 0.6) is 0 Å². The molecule has 0 heterocycles. The van der Waals surface area contributed by atoms with Crippen molar-refractivity contribution >= 4 is 0 Å². The van der Waals surface area contributed by atoms with Crippen LogP contribution in [0.25, 0.3) is 11.1 Å². The van der Waals surface area contributed by atoms with Gasteiger partial charge in [0, 0.05) is 6.04 Å². The molecule has 1 atom stereocenters. The summed E-state index contributed by atoms with van der Waals surface area (Å²) in [5.74, 6) is -1.26. The van der Waals surface area contributed by atoms with Crippen molar-refractivity contribution < 1.29 is 17.6 Å². The molecule has 1 N–H and O–H groups in total. The van der Waals surface area contributed by atoms with Crippen molar-refractivity contribution in [1.29, 1.82) is 0 Å². The van der Waals surface area contributed by atoms with Crippen molar-refractivity contribution in [3.8, 4) is 11.1 Å². The van der Waals surface area contributed by atoms with Gasteiger partial charge in [-0.25, -0.2) is 4.39 Å². The smallest absolute Gasteiger partial charge is 0.313 e. The normalized spacial score (nSPS) is 13.2. The summed E-state index contributed by atoms with van der Waals surface area (Å²) in [7, 11) is 1.84. The van der Waals surface area contributed by atoms with Gasteiger partial charge < -0.3 is 5.32 Å². The highest BCUT2D eigenvalue weighted by Gasteiger charge is 2.33. The van der Waals surface area contributed by atoms with Gasteiger partial charge in [0.2, 0.25) is 0 Å². The van der Waals surface area contributed by atoms with Crippen LogP contribution in [-0.2, 0) is 6.18 Å². The molecule has 21 heavy (non-hydrogen) atoms. The van der Waals surface area contributed by atoms with Crippen molar-refractivity contribution in [3.63, 3.8) is 0 Å². The molecule has 0 aliphatic carbocycles. The molecule has 2 rings (SSSR count). The highest BCUT2D eigenvalue weighted by atomic mass is 19.4. The van der Waals surface area contributed by atoms with Crippen LogP contribution >= 0.6 is 0 Å². The van der Waals surface area contributed by atoms with E-state index in [0.29, 0.717) is 11.1 Å². The summed E-state index contributed by atoms with van der Waals surface area (Å²) in [5, 5.41) is 3.09. The van der Waals surface area contributed by atoms with Crippen LogP contribution in [0.2, 0.25) is 0 Å². The maximum atomic E-state index is 13.6. The number of alkyl halides is 3. The van der Waals surface area contributed by atoms with Crippen LogP contribution in [-0.4, -0.2) is 7.05 Å². The number of rotatable bonds is 3. The Kier molecular flexibility index (Phi) is 4.32. The largest absolute Gasteiger partial charge is 0.419 e. The number of benzene rings is 2. The van der Waals surface area contributed by atoms with E-state index in [0.717, 1.165) is 17.7 Å². The zero-order valence-electron chi connectivity index (χ0n) is 11.6. The highest BCUT2D eigenvalue weighted by molar-refractivity contribution is 5.64. The third-order valence-electron chi connectivity index (χ3n) is 3.45. The molecule has 0 aromatic heterocycles. The number of nitrogens with one attached hydrogen (secondary N) is 1. The maximum Gasteiger partial charge on any atom is 0.419 e. The lowest BCUT2D eigenvalue weighted by Gasteiger charge is -2.12. The Morgan fingerprint density at radius 3 is 2.00 bits per heavy atom.